The third-order valence-electron chi connectivity index (χ3n) is 12.1. The van der Waals surface area contributed by atoms with Gasteiger partial charge in [-0.1, -0.05) is 106 Å². The van der Waals surface area contributed by atoms with Gasteiger partial charge in [-0.25, -0.2) is 4.79 Å². The van der Waals surface area contributed by atoms with Gasteiger partial charge >= 0.3 is 6.09 Å². The maximum atomic E-state index is 14.8. The first kappa shape index (κ1) is 50.1. The van der Waals surface area contributed by atoms with Crippen LogP contribution >= 0.6 is 0 Å². The van der Waals surface area contributed by atoms with Crippen LogP contribution < -0.4 is 10.6 Å². The highest BCUT2D eigenvalue weighted by Gasteiger charge is 2.33. The summed E-state index contributed by atoms with van der Waals surface area (Å²) < 4.78 is 7.13. The summed E-state index contributed by atoms with van der Waals surface area (Å²) in [5.41, 5.74) is 4.79. The molecule has 0 spiro atoms. The van der Waals surface area contributed by atoms with E-state index in [1.807, 2.05) is 80.7 Å². The molecular formula is C54H68N4O7. The number of hydrogen-bond acceptors (Lipinski definition) is 8. The van der Waals surface area contributed by atoms with Crippen LogP contribution in [0.2, 0.25) is 0 Å². The zero-order chi connectivity index (χ0) is 47.3. The van der Waals surface area contributed by atoms with Crippen molar-refractivity contribution in [3.63, 3.8) is 0 Å². The van der Waals surface area contributed by atoms with E-state index in [4.69, 9.17) is 4.74 Å². The van der Waals surface area contributed by atoms with E-state index < -0.39 is 53.2 Å². The lowest BCUT2D eigenvalue weighted by molar-refractivity contribution is -0.134. The van der Waals surface area contributed by atoms with E-state index in [-0.39, 0.29) is 49.6 Å². The molecule has 4 aromatic rings. The Balaban J connectivity index is 1.41. The molecule has 1 aliphatic rings. The Hall–Kier alpha value is -5.94. The average molecular weight is 885 g/mol. The number of Topliss-reactive ketones (excluding diaryl/α,β-unsaturated/α-hetero) is 3. The van der Waals surface area contributed by atoms with Crippen molar-refractivity contribution in [2.45, 2.75) is 117 Å². The van der Waals surface area contributed by atoms with Gasteiger partial charge in [0.2, 0.25) is 11.8 Å². The largest absolute Gasteiger partial charge is 0.443 e. The molecule has 0 saturated heterocycles. The van der Waals surface area contributed by atoms with Crippen molar-refractivity contribution < 1.29 is 33.5 Å². The molecule has 0 unspecified atom stereocenters. The lowest BCUT2D eigenvalue weighted by Gasteiger charge is -2.25. The van der Waals surface area contributed by atoms with Gasteiger partial charge in [-0.15, -0.1) is 6.58 Å². The van der Waals surface area contributed by atoms with Crippen LogP contribution in [0.3, 0.4) is 0 Å². The first-order chi connectivity index (χ1) is 31.0. The number of ketones is 3. The molecule has 11 heteroatoms. The quantitative estimate of drug-likeness (QED) is 0.0665. The van der Waals surface area contributed by atoms with E-state index in [2.05, 4.69) is 40.3 Å². The molecule has 0 bridgehead atoms. The Morgan fingerprint density at radius 3 is 2.18 bits per heavy atom. The molecule has 0 fully saturated rings. The van der Waals surface area contributed by atoms with E-state index in [9.17, 15) is 28.8 Å². The molecule has 0 aliphatic heterocycles. The maximum absolute atomic E-state index is 14.8. The van der Waals surface area contributed by atoms with Crippen LogP contribution in [0.1, 0.15) is 102 Å². The van der Waals surface area contributed by atoms with E-state index in [0.717, 1.165) is 23.1 Å². The van der Waals surface area contributed by atoms with Crippen LogP contribution in [0.5, 0.6) is 0 Å². The molecule has 11 nitrogen and oxygen atoms in total. The number of hydrogen-bond donors (Lipinski definition) is 2. The fourth-order valence-electron chi connectivity index (χ4n) is 8.51. The first-order valence-corrected chi connectivity index (χ1v) is 23.1. The number of benzene rings is 3. The Labute approximate surface area is 385 Å². The van der Waals surface area contributed by atoms with Gasteiger partial charge in [0.1, 0.15) is 11.4 Å². The van der Waals surface area contributed by atoms with Gasteiger partial charge in [0.05, 0.1) is 17.6 Å². The van der Waals surface area contributed by atoms with Crippen molar-refractivity contribution in [1.29, 1.82) is 0 Å². The molecular weight excluding hydrogens is 817 g/mol. The molecule has 5 rings (SSSR count). The number of carbonyl (C=O) groups is 6. The number of carbonyl (C=O) groups excluding carboxylic acids is 6. The minimum absolute atomic E-state index is 0.000363. The summed E-state index contributed by atoms with van der Waals surface area (Å²) in [6.45, 7) is 15.9. The molecule has 346 valence electrons. The number of nitrogens with one attached hydrogen (secondary N) is 2. The highest BCUT2D eigenvalue weighted by atomic mass is 16.6. The van der Waals surface area contributed by atoms with Crippen LogP contribution in [0.25, 0.3) is 16.5 Å². The second-order valence-electron chi connectivity index (χ2n) is 18.7. The predicted molar refractivity (Wildman–Crippen MR) is 257 cm³/mol. The summed E-state index contributed by atoms with van der Waals surface area (Å²) in [7, 11) is 1.97. The average Bonchev–Trinajstić information content (AvgIpc) is 3.86. The highest BCUT2D eigenvalue weighted by Crippen LogP contribution is 2.33. The van der Waals surface area contributed by atoms with Gasteiger partial charge in [0, 0.05) is 61.6 Å². The molecule has 2 amide bonds. The summed E-state index contributed by atoms with van der Waals surface area (Å²) in [5.74, 6) is -3.40. The Morgan fingerprint density at radius 2 is 1.48 bits per heavy atom. The zero-order valence-electron chi connectivity index (χ0n) is 39.4. The molecule has 65 heavy (non-hydrogen) atoms. The molecule has 3 aromatic carbocycles. The third kappa shape index (κ3) is 14.3. The molecule has 0 saturated carbocycles. The molecule has 1 heterocycles. The zero-order valence-corrected chi connectivity index (χ0v) is 39.4. The van der Waals surface area contributed by atoms with Gasteiger partial charge in [0.15, 0.2) is 11.6 Å². The van der Waals surface area contributed by atoms with Crippen molar-refractivity contribution in [2.24, 2.45) is 17.8 Å². The summed E-state index contributed by atoms with van der Waals surface area (Å²) >= 11 is 0. The van der Waals surface area contributed by atoms with Crippen molar-refractivity contribution in [3.05, 3.63) is 126 Å². The number of allylic oxidation sites excluding steroid dienone is 2. The van der Waals surface area contributed by atoms with Crippen molar-refractivity contribution >= 4 is 51.7 Å². The Morgan fingerprint density at radius 1 is 0.800 bits per heavy atom. The number of amides is 2. The normalized spacial score (nSPS) is 14.7. The second kappa shape index (κ2) is 23.3. The lowest BCUT2D eigenvalue weighted by atomic mass is 9.88. The number of likely N-dealkylation sites (N-methyl/N-ethyl adjacent to an activating group) is 1. The molecule has 1 aliphatic carbocycles. The number of para-hydroxylation sites is 1. The molecule has 0 radical (unpaired) electrons. The Bertz CT molecular complexity index is 2360. The number of rotatable bonds is 24. The molecule has 2 N–H and O–H groups in total. The summed E-state index contributed by atoms with van der Waals surface area (Å²) in [6.07, 6.45) is 7.72. The number of aromatic nitrogens is 1. The van der Waals surface area contributed by atoms with Crippen molar-refractivity contribution in [2.75, 3.05) is 20.1 Å². The van der Waals surface area contributed by atoms with E-state index in [1.54, 1.807) is 46.9 Å². The second-order valence-corrected chi connectivity index (χ2v) is 18.7. The van der Waals surface area contributed by atoms with E-state index >= 15 is 0 Å². The standard InChI is InChI=1S/C54H68N4O7/c1-9-28-57(8)29-18-24-45(48(59)10-2)55-52(63)41(32-38-19-12-11-13-20-38)34-50(61)46(33-42-35-58(53(64)65-54(5,6)7)47-25-17-16-23-44(42)47)56-51(62)37(4)31-49(60)36(3)30-40-27-26-39-21-14-15-22-43(39)40/h9,11-17,19-23,25,27,35-37,41,45-46H,1,10,18,24,26,28-34H2,2-8H3,(H,55,63)(H,56,62)/t36-,37-,41+,45+,46+/m1/s1. The van der Waals surface area contributed by atoms with Gasteiger partial charge < -0.3 is 20.3 Å². The van der Waals surface area contributed by atoms with E-state index in [1.165, 1.54) is 10.1 Å². The number of ether oxygens (including phenoxy) is 1. The number of fused-ring (bicyclic) bond motifs is 2. The summed E-state index contributed by atoms with van der Waals surface area (Å²) in [4.78, 5) is 85.8. The fraction of sp³-hybridized carbons (Fsp3) is 0.444. The van der Waals surface area contributed by atoms with Gasteiger partial charge in [0.25, 0.3) is 0 Å². The van der Waals surface area contributed by atoms with Gasteiger partial charge in [-0.2, -0.15) is 0 Å². The lowest BCUT2D eigenvalue weighted by Crippen LogP contribution is -2.48. The molecule has 1 aromatic heterocycles. The van der Waals surface area contributed by atoms with Crippen molar-refractivity contribution in [3.8, 4) is 0 Å². The minimum Gasteiger partial charge on any atom is -0.443 e. The monoisotopic (exact) mass is 885 g/mol. The predicted octanol–water partition coefficient (Wildman–Crippen LogP) is 8.89. The number of nitrogens with zero attached hydrogens (tertiary/aromatic N) is 2. The summed E-state index contributed by atoms with van der Waals surface area (Å²) in [6, 6.07) is 23.0. The smallest absolute Gasteiger partial charge is 0.419 e. The van der Waals surface area contributed by atoms with E-state index in [0.29, 0.717) is 48.8 Å². The molecule has 5 atom stereocenters. The van der Waals surface area contributed by atoms with Crippen LogP contribution in [0.15, 0.2) is 104 Å². The first-order valence-electron chi connectivity index (χ1n) is 23.1. The topological polar surface area (TPSA) is 144 Å². The maximum Gasteiger partial charge on any atom is 0.419 e. The van der Waals surface area contributed by atoms with Crippen LogP contribution in [0.4, 0.5) is 4.79 Å². The Kier molecular flexibility index (Phi) is 18.0. The van der Waals surface area contributed by atoms with Crippen LogP contribution in [-0.2, 0) is 48.0 Å². The SMILES string of the molecule is C=CCN(C)CCC[C@H](NC(=O)[C@H](CC(=O)[C@H](Cc1cn(C(=O)OC(C)(C)C)c2ccccc12)NC(=O)[C@H](C)CC(=O)[C@H](C)CC1=CCc2ccccc21)Cc1ccccc1)C(=O)CC. The van der Waals surface area contributed by atoms with Gasteiger partial charge in [-0.05, 0) is 100 Å². The minimum atomic E-state index is -1.13. The van der Waals surface area contributed by atoms with Crippen LogP contribution in [0, 0.1) is 17.8 Å². The van der Waals surface area contributed by atoms with Crippen LogP contribution in [-0.4, -0.2) is 82.5 Å². The highest BCUT2D eigenvalue weighted by molar-refractivity contribution is 5.97. The third-order valence-corrected chi connectivity index (χ3v) is 12.1. The summed E-state index contributed by atoms with van der Waals surface area (Å²) in [5, 5.41) is 6.69. The van der Waals surface area contributed by atoms with Gasteiger partial charge in [-0.3, -0.25) is 28.5 Å². The fourth-order valence-corrected chi connectivity index (χ4v) is 8.51. The van der Waals surface area contributed by atoms with Crippen molar-refractivity contribution in [1.82, 2.24) is 20.1 Å².